The van der Waals surface area contributed by atoms with Crippen LogP contribution in [0.25, 0.3) is 0 Å². The zero-order valence-electron chi connectivity index (χ0n) is 8.70. The van der Waals surface area contributed by atoms with Gasteiger partial charge in [0.05, 0.1) is 5.25 Å². The highest BCUT2D eigenvalue weighted by Crippen LogP contribution is 2.22. The molecule has 1 saturated carbocycles. The fourth-order valence-electron chi connectivity index (χ4n) is 1.78. The average Bonchev–Trinajstić information content (AvgIpc) is 2.19. The Labute approximate surface area is 86.6 Å². The van der Waals surface area contributed by atoms with Gasteiger partial charge in [-0.25, -0.2) is 13.1 Å². The Kier molecular flexibility index (Phi) is 4.62. The molecule has 0 heterocycles. The molecule has 14 heavy (non-hydrogen) atoms. The summed E-state index contributed by atoms with van der Waals surface area (Å²) in [5.41, 5.74) is 0. The summed E-state index contributed by atoms with van der Waals surface area (Å²) in [7, 11) is -3.06. The van der Waals surface area contributed by atoms with Crippen molar-refractivity contribution in [2.45, 2.75) is 44.3 Å². The molecule has 0 spiro atoms. The molecule has 0 atom stereocenters. The van der Waals surface area contributed by atoms with E-state index in [1.807, 2.05) is 19.1 Å². The second kappa shape index (κ2) is 5.51. The molecule has 4 heteroatoms. The van der Waals surface area contributed by atoms with E-state index in [0.29, 0.717) is 6.54 Å². The van der Waals surface area contributed by atoms with Crippen LogP contribution in [-0.2, 0) is 10.0 Å². The van der Waals surface area contributed by atoms with Crippen molar-refractivity contribution in [3.05, 3.63) is 12.2 Å². The lowest BCUT2D eigenvalue weighted by molar-refractivity contribution is 0.479. The third-order valence-electron chi connectivity index (χ3n) is 2.63. The largest absolute Gasteiger partial charge is 0.214 e. The number of hydrogen-bond donors (Lipinski definition) is 1. The number of allylic oxidation sites excluding steroid dienone is 1. The van der Waals surface area contributed by atoms with Gasteiger partial charge >= 0.3 is 0 Å². The molecule has 1 fully saturated rings. The number of rotatable bonds is 4. The normalized spacial score (nSPS) is 20.4. The zero-order valence-corrected chi connectivity index (χ0v) is 9.52. The lowest BCUT2D eigenvalue weighted by Crippen LogP contribution is -2.35. The molecule has 3 nitrogen and oxygen atoms in total. The van der Waals surface area contributed by atoms with Crippen molar-refractivity contribution in [2.75, 3.05) is 6.54 Å². The highest BCUT2D eigenvalue weighted by atomic mass is 32.2. The molecule has 1 aliphatic rings. The number of sulfonamides is 1. The Bertz CT molecular complexity index is 276. The Balaban J connectivity index is 2.46. The number of hydrogen-bond acceptors (Lipinski definition) is 2. The highest BCUT2D eigenvalue weighted by Gasteiger charge is 2.26. The van der Waals surface area contributed by atoms with Crippen LogP contribution in [0.5, 0.6) is 0 Å². The van der Waals surface area contributed by atoms with Gasteiger partial charge in [-0.15, -0.1) is 0 Å². The van der Waals surface area contributed by atoms with E-state index < -0.39 is 10.0 Å². The molecule has 0 unspecified atom stereocenters. The van der Waals surface area contributed by atoms with Crippen molar-refractivity contribution in [1.29, 1.82) is 0 Å². The van der Waals surface area contributed by atoms with Crippen LogP contribution >= 0.6 is 0 Å². The third kappa shape index (κ3) is 3.42. The molecule has 0 amide bonds. The van der Waals surface area contributed by atoms with Gasteiger partial charge in [0.15, 0.2) is 0 Å². The molecule has 1 aliphatic carbocycles. The van der Waals surface area contributed by atoms with Gasteiger partial charge in [-0.2, -0.15) is 0 Å². The van der Waals surface area contributed by atoms with E-state index >= 15 is 0 Å². The Morgan fingerprint density at radius 1 is 1.29 bits per heavy atom. The molecule has 82 valence electrons. The summed E-state index contributed by atoms with van der Waals surface area (Å²) in [4.78, 5) is 0. The smallest absolute Gasteiger partial charge is 0.212 e. The quantitative estimate of drug-likeness (QED) is 0.730. The second-order valence-corrected chi connectivity index (χ2v) is 5.77. The standard InChI is InChI=1S/C10H19NO2S/c1-2-3-9-11-14(12,13)10-7-5-4-6-8-10/h2-3,10-11H,4-9H2,1H3/b3-2+. The SMILES string of the molecule is C/C=C/CNS(=O)(=O)C1CCCCC1. The van der Waals surface area contributed by atoms with Crippen LogP contribution in [0, 0.1) is 0 Å². The molecule has 0 aromatic rings. The summed E-state index contributed by atoms with van der Waals surface area (Å²) in [5.74, 6) is 0. The molecule has 0 radical (unpaired) electrons. The molecular formula is C10H19NO2S. The summed E-state index contributed by atoms with van der Waals surface area (Å²) >= 11 is 0. The van der Waals surface area contributed by atoms with Gasteiger partial charge in [0.1, 0.15) is 0 Å². The molecule has 0 aliphatic heterocycles. The summed E-state index contributed by atoms with van der Waals surface area (Å²) in [6.45, 7) is 2.31. The minimum atomic E-state index is -3.06. The first kappa shape index (κ1) is 11.7. The van der Waals surface area contributed by atoms with Crippen LogP contribution in [0.4, 0.5) is 0 Å². The number of nitrogens with one attached hydrogen (secondary N) is 1. The van der Waals surface area contributed by atoms with Crippen LogP contribution < -0.4 is 4.72 Å². The third-order valence-corrected chi connectivity index (χ3v) is 4.55. The maximum Gasteiger partial charge on any atom is 0.214 e. The molecule has 0 aromatic carbocycles. The van der Waals surface area contributed by atoms with E-state index in [-0.39, 0.29) is 5.25 Å². The fraction of sp³-hybridized carbons (Fsp3) is 0.800. The van der Waals surface area contributed by atoms with E-state index in [4.69, 9.17) is 0 Å². The highest BCUT2D eigenvalue weighted by molar-refractivity contribution is 7.90. The van der Waals surface area contributed by atoms with E-state index in [2.05, 4.69) is 4.72 Å². The average molecular weight is 217 g/mol. The minimum Gasteiger partial charge on any atom is -0.212 e. The van der Waals surface area contributed by atoms with Crippen molar-refractivity contribution >= 4 is 10.0 Å². The predicted molar refractivity (Wildman–Crippen MR) is 58.6 cm³/mol. The van der Waals surface area contributed by atoms with Crippen molar-refractivity contribution in [3.63, 3.8) is 0 Å². The van der Waals surface area contributed by atoms with Gasteiger partial charge in [-0.3, -0.25) is 0 Å². The minimum absolute atomic E-state index is 0.151. The monoisotopic (exact) mass is 217 g/mol. The Morgan fingerprint density at radius 2 is 1.93 bits per heavy atom. The van der Waals surface area contributed by atoms with E-state index in [9.17, 15) is 8.42 Å². The van der Waals surface area contributed by atoms with Gasteiger partial charge in [0, 0.05) is 6.54 Å². The van der Waals surface area contributed by atoms with E-state index in [1.165, 1.54) is 6.42 Å². The summed E-state index contributed by atoms with van der Waals surface area (Å²) in [6, 6.07) is 0. The van der Waals surface area contributed by atoms with Gasteiger partial charge in [-0.1, -0.05) is 31.4 Å². The molecule has 0 bridgehead atoms. The molecular weight excluding hydrogens is 198 g/mol. The van der Waals surface area contributed by atoms with Gasteiger partial charge < -0.3 is 0 Å². The molecule has 1 N–H and O–H groups in total. The van der Waals surface area contributed by atoms with Gasteiger partial charge in [0.25, 0.3) is 0 Å². The van der Waals surface area contributed by atoms with Crippen LogP contribution in [-0.4, -0.2) is 20.2 Å². The molecule has 0 aromatic heterocycles. The van der Waals surface area contributed by atoms with Crippen molar-refractivity contribution in [2.24, 2.45) is 0 Å². The van der Waals surface area contributed by atoms with Crippen LogP contribution in [0.1, 0.15) is 39.0 Å². The maximum atomic E-state index is 11.7. The first-order valence-electron chi connectivity index (χ1n) is 5.26. The van der Waals surface area contributed by atoms with Crippen molar-refractivity contribution in [3.8, 4) is 0 Å². The second-order valence-electron chi connectivity index (χ2n) is 3.72. The first-order chi connectivity index (χ1) is 6.67. The summed E-state index contributed by atoms with van der Waals surface area (Å²) < 4.78 is 26.0. The van der Waals surface area contributed by atoms with Crippen molar-refractivity contribution < 1.29 is 8.42 Å². The summed E-state index contributed by atoms with van der Waals surface area (Å²) in [6.07, 6.45) is 8.60. The molecule has 0 saturated heterocycles. The van der Waals surface area contributed by atoms with Crippen LogP contribution in [0.2, 0.25) is 0 Å². The fourth-order valence-corrected chi connectivity index (χ4v) is 3.29. The van der Waals surface area contributed by atoms with Crippen molar-refractivity contribution in [1.82, 2.24) is 4.72 Å². The zero-order chi connectivity index (χ0) is 10.4. The Hall–Kier alpha value is -0.350. The maximum absolute atomic E-state index is 11.7. The van der Waals surface area contributed by atoms with Gasteiger partial charge in [0.2, 0.25) is 10.0 Å². The summed E-state index contributed by atoms with van der Waals surface area (Å²) in [5, 5.41) is -0.151. The van der Waals surface area contributed by atoms with E-state index in [1.54, 1.807) is 0 Å². The molecule has 1 rings (SSSR count). The first-order valence-corrected chi connectivity index (χ1v) is 6.81. The predicted octanol–water partition coefficient (Wildman–Crippen LogP) is 1.81. The van der Waals surface area contributed by atoms with Crippen LogP contribution in [0.15, 0.2) is 12.2 Å². The van der Waals surface area contributed by atoms with Gasteiger partial charge in [-0.05, 0) is 19.8 Å². The van der Waals surface area contributed by atoms with E-state index in [0.717, 1.165) is 25.7 Å². The van der Waals surface area contributed by atoms with Crippen LogP contribution in [0.3, 0.4) is 0 Å². The Morgan fingerprint density at radius 3 is 2.50 bits per heavy atom. The lowest BCUT2D eigenvalue weighted by atomic mass is 10.0. The lowest BCUT2D eigenvalue weighted by Gasteiger charge is -2.21. The topological polar surface area (TPSA) is 46.2 Å².